The summed E-state index contributed by atoms with van der Waals surface area (Å²) in [6.07, 6.45) is 7.30. The number of carbonyl (C=O) groups is 2. The van der Waals surface area contributed by atoms with E-state index >= 15 is 0 Å². The topological polar surface area (TPSA) is 83.4 Å². The largest absolute Gasteiger partial charge is 0.338 e. The van der Waals surface area contributed by atoms with Crippen LogP contribution in [0.2, 0.25) is 0 Å². The second-order valence-electron chi connectivity index (χ2n) is 7.19. The standard InChI is InChI=1S/C17H26N6O2/c24-15(12-21-9-5-8-18-17(21)25)22-11-4-6-13(22)16-20-19-14-7-2-1-3-10-23(14)16/h13H,1-12H2,(H,18,25)/t13-/m0/s1. The van der Waals surface area contributed by atoms with E-state index in [0.717, 1.165) is 63.3 Å². The number of fused-ring (bicyclic) bond motifs is 1. The van der Waals surface area contributed by atoms with E-state index in [9.17, 15) is 9.59 Å². The molecule has 0 spiro atoms. The summed E-state index contributed by atoms with van der Waals surface area (Å²) in [6, 6.07) is -0.133. The maximum absolute atomic E-state index is 12.8. The molecule has 4 heterocycles. The number of likely N-dealkylation sites (tertiary alicyclic amines) is 1. The summed E-state index contributed by atoms with van der Waals surface area (Å²) < 4.78 is 2.23. The summed E-state index contributed by atoms with van der Waals surface area (Å²) in [6.45, 7) is 3.19. The predicted molar refractivity (Wildman–Crippen MR) is 90.9 cm³/mol. The molecule has 0 aliphatic carbocycles. The van der Waals surface area contributed by atoms with Crippen LogP contribution in [0.3, 0.4) is 0 Å². The van der Waals surface area contributed by atoms with Crippen molar-refractivity contribution < 1.29 is 9.59 Å². The van der Waals surface area contributed by atoms with E-state index in [1.54, 1.807) is 4.90 Å². The highest BCUT2D eigenvalue weighted by molar-refractivity contribution is 5.84. The van der Waals surface area contributed by atoms with Gasteiger partial charge in [0.1, 0.15) is 12.4 Å². The molecule has 2 fully saturated rings. The molecule has 1 aromatic heterocycles. The number of hydrogen-bond acceptors (Lipinski definition) is 4. The van der Waals surface area contributed by atoms with E-state index in [-0.39, 0.29) is 24.5 Å². The number of aromatic nitrogens is 3. The third-order valence-electron chi connectivity index (χ3n) is 5.50. The third-order valence-corrected chi connectivity index (χ3v) is 5.50. The van der Waals surface area contributed by atoms with Crippen molar-refractivity contribution in [2.45, 2.75) is 57.5 Å². The third kappa shape index (κ3) is 3.21. The Morgan fingerprint density at radius 1 is 1.08 bits per heavy atom. The van der Waals surface area contributed by atoms with Gasteiger partial charge >= 0.3 is 6.03 Å². The SMILES string of the molecule is O=C1NCCCN1CC(=O)N1CCC[C@H]1c1nnc2n1CCCCC2. The lowest BCUT2D eigenvalue weighted by Gasteiger charge is -2.30. The Morgan fingerprint density at radius 3 is 2.88 bits per heavy atom. The van der Waals surface area contributed by atoms with E-state index in [4.69, 9.17) is 0 Å². The fourth-order valence-electron chi connectivity index (χ4n) is 4.17. The minimum Gasteiger partial charge on any atom is -0.338 e. The Hall–Kier alpha value is -2.12. The fraction of sp³-hybridized carbons (Fsp3) is 0.765. The molecule has 0 saturated carbocycles. The fourth-order valence-corrected chi connectivity index (χ4v) is 4.17. The summed E-state index contributed by atoms with van der Waals surface area (Å²) in [5.41, 5.74) is 0. The Morgan fingerprint density at radius 2 is 2.00 bits per heavy atom. The van der Waals surface area contributed by atoms with Crippen molar-refractivity contribution in [3.63, 3.8) is 0 Å². The molecule has 1 atom stereocenters. The van der Waals surface area contributed by atoms with Gasteiger partial charge in [-0.25, -0.2) is 4.79 Å². The Balaban J connectivity index is 1.50. The van der Waals surface area contributed by atoms with Gasteiger partial charge in [-0.3, -0.25) is 4.79 Å². The van der Waals surface area contributed by atoms with Gasteiger partial charge in [-0.15, -0.1) is 10.2 Å². The van der Waals surface area contributed by atoms with Gasteiger partial charge in [0.25, 0.3) is 0 Å². The lowest BCUT2D eigenvalue weighted by atomic mass is 10.2. The van der Waals surface area contributed by atoms with Crippen molar-refractivity contribution in [2.24, 2.45) is 0 Å². The Bertz CT molecular complexity index is 658. The second-order valence-corrected chi connectivity index (χ2v) is 7.19. The van der Waals surface area contributed by atoms with Gasteiger partial charge in [0, 0.05) is 32.6 Å². The highest BCUT2D eigenvalue weighted by atomic mass is 16.2. The number of urea groups is 1. The van der Waals surface area contributed by atoms with Crippen LogP contribution in [0.1, 0.15) is 56.2 Å². The number of amides is 3. The van der Waals surface area contributed by atoms with Crippen molar-refractivity contribution in [1.82, 2.24) is 29.9 Å². The van der Waals surface area contributed by atoms with Crippen LogP contribution in [0.25, 0.3) is 0 Å². The second kappa shape index (κ2) is 7.01. The molecule has 8 nitrogen and oxygen atoms in total. The summed E-state index contributed by atoms with van der Waals surface area (Å²) >= 11 is 0. The van der Waals surface area contributed by atoms with Gasteiger partial charge < -0.3 is 19.7 Å². The maximum Gasteiger partial charge on any atom is 0.317 e. The molecule has 1 aromatic rings. The van der Waals surface area contributed by atoms with Gasteiger partial charge in [0.15, 0.2) is 5.82 Å². The summed E-state index contributed by atoms with van der Waals surface area (Å²) in [5, 5.41) is 11.6. The van der Waals surface area contributed by atoms with Crippen LogP contribution in [0.4, 0.5) is 4.79 Å². The molecule has 25 heavy (non-hydrogen) atoms. The molecule has 0 radical (unpaired) electrons. The predicted octanol–water partition coefficient (Wildman–Crippen LogP) is 1.08. The molecule has 136 valence electrons. The monoisotopic (exact) mass is 346 g/mol. The smallest absolute Gasteiger partial charge is 0.317 e. The molecule has 0 bridgehead atoms. The number of rotatable bonds is 3. The number of aryl methyl sites for hydroxylation is 1. The van der Waals surface area contributed by atoms with Gasteiger partial charge in [-0.1, -0.05) is 6.42 Å². The van der Waals surface area contributed by atoms with E-state index in [2.05, 4.69) is 20.1 Å². The summed E-state index contributed by atoms with van der Waals surface area (Å²) in [7, 11) is 0. The van der Waals surface area contributed by atoms with Crippen LogP contribution in [0.15, 0.2) is 0 Å². The molecule has 3 aliphatic rings. The zero-order valence-electron chi connectivity index (χ0n) is 14.6. The van der Waals surface area contributed by atoms with Crippen molar-refractivity contribution in [3.05, 3.63) is 11.6 Å². The van der Waals surface area contributed by atoms with Gasteiger partial charge in [0.05, 0.1) is 6.04 Å². The molecule has 0 aromatic carbocycles. The Labute approximate surface area is 147 Å². The van der Waals surface area contributed by atoms with E-state index in [0.29, 0.717) is 13.1 Å². The van der Waals surface area contributed by atoms with Crippen LogP contribution < -0.4 is 5.32 Å². The van der Waals surface area contributed by atoms with Crippen LogP contribution >= 0.6 is 0 Å². The van der Waals surface area contributed by atoms with Gasteiger partial charge in [0.2, 0.25) is 5.91 Å². The van der Waals surface area contributed by atoms with Crippen molar-refractivity contribution in [3.8, 4) is 0 Å². The number of hydrogen-bond donors (Lipinski definition) is 1. The molecule has 8 heteroatoms. The van der Waals surface area contributed by atoms with Crippen LogP contribution in [0, 0.1) is 0 Å². The molecule has 0 unspecified atom stereocenters. The molecule has 1 N–H and O–H groups in total. The van der Waals surface area contributed by atoms with Crippen LogP contribution in [-0.4, -0.2) is 62.7 Å². The number of carbonyl (C=O) groups excluding carboxylic acids is 2. The highest BCUT2D eigenvalue weighted by Crippen LogP contribution is 2.32. The summed E-state index contributed by atoms with van der Waals surface area (Å²) in [4.78, 5) is 28.3. The van der Waals surface area contributed by atoms with E-state index in [1.807, 2.05) is 4.90 Å². The van der Waals surface area contributed by atoms with Crippen LogP contribution in [0.5, 0.6) is 0 Å². The lowest BCUT2D eigenvalue weighted by molar-refractivity contribution is -0.133. The van der Waals surface area contributed by atoms with Crippen molar-refractivity contribution >= 4 is 11.9 Å². The highest BCUT2D eigenvalue weighted by Gasteiger charge is 2.35. The zero-order valence-corrected chi connectivity index (χ0v) is 14.6. The zero-order chi connectivity index (χ0) is 17.2. The molecular formula is C17H26N6O2. The minimum absolute atomic E-state index is 0.000276. The van der Waals surface area contributed by atoms with Gasteiger partial charge in [-0.05, 0) is 32.1 Å². The first kappa shape index (κ1) is 16.4. The molecule has 4 rings (SSSR count). The van der Waals surface area contributed by atoms with E-state index < -0.39 is 0 Å². The molecule has 2 saturated heterocycles. The maximum atomic E-state index is 12.8. The number of nitrogens with zero attached hydrogens (tertiary/aromatic N) is 5. The van der Waals surface area contributed by atoms with Gasteiger partial charge in [-0.2, -0.15) is 0 Å². The van der Waals surface area contributed by atoms with Crippen molar-refractivity contribution in [1.29, 1.82) is 0 Å². The minimum atomic E-state index is -0.133. The quantitative estimate of drug-likeness (QED) is 0.888. The molecular weight excluding hydrogens is 320 g/mol. The average molecular weight is 346 g/mol. The average Bonchev–Trinajstić information content (AvgIpc) is 3.18. The normalized spacial score (nSPS) is 24.0. The van der Waals surface area contributed by atoms with E-state index in [1.165, 1.54) is 6.42 Å². The first-order valence-corrected chi connectivity index (χ1v) is 9.48. The molecule has 3 amide bonds. The van der Waals surface area contributed by atoms with Crippen LogP contribution in [-0.2, 0) is 17.8 Å². The first-order chi connectivity index (χ1) is 12.2. The first-order valence-electron chi connectivity index (χ1n) is 9.48. The Kier molecular flexibility index (Phi) is 4.59. The number of nitrogens with one attached hydrogen (secondary N) is 1. The molecule has 3 aliphatic heterocycles. The van der Waals surface area contributed by atoms with Crippen molar-refractivity contribution in [2.75, 3.05) is 26.2 Å². The summed E-state index contributed by atoms with van der Waals surface area (Å²) in [5.74, 6) is 2.01. The lowest BCUT2D eigenvalue weighted by Crippen LogP contribution is -2.50.